The number of nitrogens with one attached hydrogen (secondary N) is 1. The minimum Gasteiger partial charge on any atom is -0.303 e. The van der Waals surface area contributed by atoms with Crippen LogP contribution >= 0.6 is 0 Å². The van der Waals surface area contributed by atoms with Crippen LogP contribution in [0.5, 0.6) is 0 Å². The topological polar surface area (TPSA) is 39.1 Å². The zero-order valence-corrected chi connectivity index (χ0v) is 7.01. The molecule has 1 saturated heterocycles. The van der Waals surface area contributed by atoms with Crippen molar-refractivity contribution in [3.05, 3.63) is 0 Å². The Kier molecular flexibility index (Phi) is 3.34. The van der Waals surface area contributed by atoms with Crippen molar-refractivity contribution in [2.75, 3.05) is 26.7 Å². The molecule has 1 heterocycles. The van der Waals surface area contributed by atoms with E-state index in [2.05, 4.69) is 23.3 Å². The predicted molar refractivity (Wildman–Crippen MR) is 44.1 cm³/mol. The van der Waals surface area contributed by atoms with E-state index in [0.29, 0.717) is 12.6 Å². The first kappa shape index (κ1) is 8.51. The van der Waals surface area contributed by atoms with Gasteiger partial charge >= 0.3 is 0 Å². The zero-order valence-electron chi connectivity index (χ0n) is 7.01. The van der Waals surface area contributed by atoms with E-state index in [0.717, 1.165) is 6.54 Å². The Balaban J connectivity index is 2.11. The molecule has 0 bridgehead atoms. The summed E-state index contributed by atoms with van der Waals surface area (Å²) in [5.41, 5.74) is 0. The van der Waals surface area contributed by atoms with Crippen LogP contribution in [0.3, 0.4) is 0 Å². The van der Waals surface area contributed by atoms with Gasteiger partial charge in [0.05, 0.1) is 12.6 Å². The van der Waals surface area contributed by atoms with E-state index in [9.17, 15) is 0 Å². The van der Waals surface area contributed by atoms with E-state index in [1.807, 2.05) is 0 Å². The van der Waals surface area contributed by atoms with Gasteiger partial charge in [-0.2, -0.15) is 5.26 Å². The van der Waals surface area contributed by atoms with Gasteiger partial charge in [-0.25, -0.2) is 0 Å². The fourth-order valence-electron chi connectivity index (χ4n) is 1.53. The molecule has 0 amide bonds. The van der Waals surface area contributed by atoms with Crippen LogP contribution in [0.15, 0.2) is 0 Å². The summed E-state index contributed by atoms with van der Waals surface area (Å²) in [6.07, 6.45) is 2.57. The van der Waals surface area contributed by atoms with Crippen LogP contribution in [0.25, 0.3) is 0 Å². The minimum atomic E-state index is 0.477. The number of nitrogens with zero attached hydrogens (tertiary/aromatic N) is 2. The standard InChI is InChI=1S/C8H15N3/c1-11-6-2-3-8(11)7-10-5-4-9/h8,10H,2-3,5-7H2,1H3. The molecule has 1 atom stereocenters. The molecule has 3 nitrogen and oxygen atoms in total. The lowest BCUT2D eigenvalue weighted by molar-refractivity contribution is 0.303. The summed E-state index contributed by atoms with van der Waals surface area (Å²) < 4.78 is 0. The van der Waals surface area contributed by atoms with Crippen LogP contribution in [0.2, 0.25) is 0 Å². The van der Waals surface area contributed by atoms with Gasteiger partial charge in [-0.05, 0) is 26.4 Å². The molecule has 1 fully saturated rings. The monoisotopic (exact) mass is 153 g/mol. The first-order valence-electron chi connectivity index (χ1n) is 4.12. The molecule has 0 aromatic rings. The Morgan fingerprint density at radius 2 is 2.55 bits per heavy atom. The molecular weight excluding hydrogens is 138 g/mol. The number of hydrogen-bond donors (Lipinski definition) is 1. The van der Waals surface area contributed by atoms with Gasteiger partial charge in [-0.3, -0.25) is 0 Å². The third kappa shape index (κ3) is 2.49. The van der Waals surface area contributed by atoms with Gasteiger partial charge in [0.15, 0.2) is 0 Å². The molecule has 62 valence electrons. The molecule has 0 aromatic carbocycles. The Morgan fingerprint density at radius 3 is 3.09 bits per heavy atom. The molecule has 0 spiro atoms. The van der Waals surface area contributed by atoms with Crippen molar-refractivity contribution >= 4 is 0 Å². The second-order valence-corrected chi connectivity index (χ2v) is 3.07. The number of rotatable bonds is 3. The van der Waals surface area contributed by atoms with E-state index in [1.165, 1.54) is 19.4 Å². The molecule has 0 radical (unpaired) electrons. The van der Waals surface area contributed by atoms with Crippen LogP contribution in [0, 0.1) is 11.3 Å². The lowest BCUT2D eigenvalue weighted by Gasteiger charge is -2.18. The van der Waals surface area contributed by atoms with Crippen LogP contribution in [0.1, 0.15) is 12.8 Å². The molecule has 1 aliphatic rings. The highest BCUT2D eigenvalue weighted by Crippen LogP contribution is 2.13. The highest BCUT2D eigenvalue weighted by atomic mass is 15.2. The normalized spacial score (nSPS) is 25.3. The fraction of sp³-hybridized carbons (Fsp3) is 0.875. The van der Waals surface area contributed by atoms with E-state index in [4.69, 9.17) is 5.26 Å². The number of likely N-dealkylation sites (N-methyl/N-ethyl adjacent to an activating group) is 1. The Hall–Kier alpha value is -0.590. The Morgan fingerprint density at radius 1 is 1.73 bits per heavy atom. The van der Waals surface area contributed by atoms with Crippen molar-refractivity contribution in [3.8, 4) is 6.07 Å². The van der Waals surface area contributed by atoms with Gasteiger partial charge in [-0.1, -0.05) is 0 Å². The van der Waals surface area contributed by atoms with Gasteiger partial charge < -0.3 is 10.2 Å². The van der Waals surface area contributed by atoms with Gasteiger partial charge in [0.2, 0.25) is 0 Å². The van der Waals surface area contributed by atoms with Crippen molar-refractivity contribution in [2.24, 2.45) is 0 Å². The summed E-state index contributed by atoms with van der Waals surface area (Å²) in [6.45, 7) is 2.65. The summed E-state index contributed by atoms with van der Waals surface area (Å²) in [5.74, 6) is 0. The molecule has 11 heavy (non-hydrogen) atoms. The van der Waals surface area contributed by atoms with Crippen LogP contribution in [0.4, 0.5) is 0 Å². The van der Waals surface area contributed by atoms with Gasteiger partial charge in [-0.15, -0.1) is 0 Å². The molecule has 1 rings (SSSR count). The SMILES string of the molecule is CN1CCCC1CNCC#N. The van der Waals surface area contributed by atoms with Crippen molar-refractivity contribution in [2.45, 2.75) is 18.9 Å². The van der Waals surface area contributed by atoms with Gasteiger partial charge in [0.25, 0.3) is 0 Å². The van der Waals surface area contributed by atoms with Crippen LogP contribution in [-0.2, 0) is 0 Å². The molecule has 1 aliphatic heterocycles. The molecule has 0 saturated carbocycles. The zero-order chi connectivity index (χ0) is 8.10. The van der Waals surface area contributed by atoms with E-state index in [1.54, 1.807) is 0 Å². The molecule has 3 heteroatoms. The lowest BCUT2D eigenvalue weighted by atomic mass is 10.2. The molecule has 0 aromatic heterocycles. The maximum absolute atomic E-state index is 8.28. The quantitative estimate of drug-likeness (QED) is 0.465. The Labute approximate surface area is 68.0 Å². The van der Waals surface area contributed by atoms with Crippen molar-refractivity contribution in [3.63, 3.8) is 0 Å². The maximum atomic E-state index is 8.28. The average Bonchev–Trinajstić information content (AvgIpc) is 2.37. The largest absolute Gasteiger partial charge is 0.303 e. The Bertz CT molecular complexity index is 150. The van der Waals surface area contributed by atoms with E-state index < -0.39 is 0 Å². The number of hydrogen-bond acceptors (Lipinski definition) is 3. The van der Waals surface area contributed by atoms with Crippen molar-refractivity contribution < 1.29 is 0 Å². The predicted octanol–water partition coefficient (Wildman–Crippen LogP) is 0.194. The summed E-state index contributed by atoms with van der Waals surface area (Å²) in [7, 11) is 2.14. The summed E-state index contributed by atoms with van der Waals surface area (Å²) in [6, 6.07) is 2.73. The third-order valence-electron chi connectivity index (χ3n) is 2.26. The maximum Gasteiger partial charge on any atom is 0.0841 e. The van der Waals surface area contributed by atoms with E-state index in [-0.39, 0.29) is 0 Å². The van der Waals surface area contributed by atoms with Gasteiger partial charge in [0.1, 0.15) is 0 Å². The second kappa shape index (κ2) is 4.32. The van der Waals surface area contributed by atoms with Crippen LogP contribution < -0.4 is 5.32 Å². The molecule has 0 aliphatic carbocycles. The summed E-state index contributed by atoms with van der Waals surface area (Å²) in [5, 5.41) is 11.4. The van der Waals surface area contributed by atoms with Gasteiger partial charge in [0, 0.05) is 12.6 Å². The molecule has 1 N–H and O–H groups in total. The number of nitriles is 1. The smallest absolute Gasteiger partial charge is 0.0841 e. The lowest BCUT2D eigenvalue weighted by Crippen LogP contribution is -2.35. The first-order valence-corrected chi connectivity index (χ1v) is 4.12. The number of likely N-dealkylation sites (tertiary alicyclic amines) is 1. The highest BCUT2D eigenvalue weighted by molar-refractivity contribution is 4.81. The average molecular weight is 153 g/mol. The molecule has 1 unspecified atom stereocenters. The van der Waals surface area contributed by atoms with Crippen molar-refractivity contribution in [1.29, 1.82) is 5.26 Å². The highest BCUT2D eigenvalue weighted by Gasteiger charge is 2.19. The summed E-state index contributed by atoms with van der Waals surface area (Å²) >= 11 is 0. The molecular formula is C8H15N3. The van der Waals surface area contributed by atoms with E-state index >= 15 is 0 Å². The first-order chi connectivity index (χ1) is 5.34. The third-order valence-corrected chi connectivity index (χ3v) is 2.26. The summed E-state index contributed by atoms with van der Waals surface area (Å²) in [4.78, 5) is 2.35. The van der Waals surface area contributed by atoms with Crippen LogP contribution in [-0.4, -0.2) is 37.6 Å². The fourth-order valence-corrected chi connectivity index (χ4v) is 1.53. The van der Waals surface area contributed by atoms with Crippen molar-refractivity contribution in [1.82, 2.24) is 10.2 Å². The second-order valence-electron chi connectivity index (χ2n) is 3.07. The minimum absolute atomic E-state index is 0.477.